The van der Waals surface area contributed by atoms with Crippen molar-refractivity contribution in [2.24, 2.45) is 0 Å². The number of halogens is 1. The monoisotopic (exact) mass is 507 g/mol. The van der Waals surface area contributed by atoms with Crippen molar-refractivity contribution in [3.63, 3.8) is 0 Å². The normalized spacial score (nSPS) is 15.3. The van der Waals surface area contributed by atoms with Crippen LogP contribution in [0.25, 0.3) is 16.7 Å². The first kappa shape index (κ1) is 26.2. The number of anilines is 1. The number of fused-ring (bicyclic) bond motifs is 3. The number of aliphatic hydroxyl groups is 1. The van der Waals surface area contributed by atoms with Crippen molar-refractivity contribution in [1.29, 1.82) is 0 Å². The molecule has 1 N–H and O–H groups in total. The highest BCUT2D eigenvalue weighted by molar-refractivity contribution is 8.00. The standard InChI is InChI=1S/C30H34FNO3S/c1-7-23-27(20-13-11-18(2)12-14-20)24(16-26(33)35-30(4,5)34)19(3)29-28(23)25-15-22(31)10-8-9-21(25)17-32(29)36-6/h9-15,34H,7-8,16-17H2,1-6H3. The lowest BCUT2D eigenvalue weighted by Gasteiger charge is -2.37. The Balaban J connectivity index is 2.07. The van der Waals surface area contributed by atoms with Crippen molar-refractivity contribution in [2.45, 2.75) is 59.7 Å². The van der Waals surface area contributed by atoms with Crippen molar-refractivity contribution < 1.29 is 19.0 Å². The number of esters is 1. The Labute approximate surface area is 217 Å². The van der Waals surface area contributed by atoms with Gasteiger partial charge in [0.15, 0.2) is 0 Å². The van der Waals surface area contributed by atoms with Gasteiger partial charge in [-0.1, -0.05) is 54.8 Å². The fourth-order valence-corrected chi connectivity index (χ4v) is 5.84. The van der Waals surface area contributed by atoms with Crippen LogP contribution in [0, 0.1) is 13.8 Å². The third kappa shape index (κ3) is 5.16. The zero-order chi connectivity index (χ0) is 26.2. The Bertz CT molecular complexity index is 1280. The van der Waals surface area contributed by atoms with Crippen LogP contribution >= 0.6 is 11.9 Å². The molecular formula is C30H34FNO3S. The molecule has 0 saturated heterocycles. The molecule has 4 nitrogen and oxygen atoms in total. The first-order chi connectivity index (χ1) is 17.0. The SMILES string of the molecule is CCc1c2c(c(C)c(CC(=O)OC(C)(C)O)c1-c1ccc(C)cc1)N(SC)CC1=CCC=C(F)C=C12. The summed E-state index contributed by atoms with van der Waals surface area (Å²) < 4.78 is 22.3. The zero-order valence-corrected chi connectivity index (χ0v) is 22.7. The highest BCUT2D eigenvalue weighted by Crippen LogP contribution is 2.50. The van der Waals surface area contributed by atoms with E-state index in [1.807, 2.05) is 20.1 Å². The largest absolute Gasteiger partial charge is 0.434 e. The molecule has 2 aromatic rings. The lowest BCUT2D eigenvalue weighted by molar-refractivity contribution is -0.194. The number of aryl methyl sites for hydroxylation is 1. The average Bonchev–Trinajstić information content (AvgIpc) is 2.99. The molecule has 0 bridgehead atoms. The molecule has 0 amide bonds. The Morgan fingerprint density at radius 3 is 2.44 bits per heavy atom. The van der Waals surface area contributed by atoms with Crippen LogP contribution in [0.3, 0.4) is 0 Å². The highest BCUT2D eigenvalue weighted by Gasteiger charge is 2.33. The van der Waals surface area contributed by atoms with Gasteiger partial charge in [-0.3, -0.25) is 4.79 Å². The predicted molar refractivity (Wildman–Crippen MR) is 148 cm³/mol. The van der Waals surface area contributed by atoms with Gasteiger partial charge < -0.3 is 14.1 Å². The van der Waals surface area contributed by atoms with Crippen molar-refractivity contribution in [2.75, 3.05) is 17.1 Å². The maximum Gasteiger partial charge on any atom is 0.312 e. The summed E-state index contributed by atoms with van der Waals surface area (Å²) in [5.41, 5.74) is 10.1. The first-order valence-corrected chi connectivity index (χ1v) is 13.5. The van der Waals surface area contributed by atoms with Crippen LogP contribution in [0.2, 0.25) is 0 Å². The summed E-state index contributed by atoms with van der Waals surface area (Å²) in [4.78, 5) is 13.0. The Hall–Kier alpha value is -2.83. The maximum atomic E-state index is 14.7. The van der Waals surface area contributed by atoms with Gasteiger partial charge in [-0.15, -0.1) is 0 Å². The van der Waals surface area contributed by atoms with E-state index >= 15 is 0 Å². The van der Waals surface area contributed by atoms with Crippen molar-refractivity contribution in [1.82, 2.24) is 0 Å². The smallest absolute Gasteiger partial charge is 0.312 e. The quantitative estimate of drug-likeness (QED) is 0.259. The van der Waals surface area contributed by atoms with Gasteiger partial charge in [0, 0.05) is 25.7 Å². The molecule has 1 aliphatic carbocycles. The van der Waals surface area contributed by atoms with Crippen LogP contribution in [0.4, 0.5) is 10.1 Å². The minimum Gasteiger partial charge on any atom is -0.434 e. The number of carbonyl (C=O) groups excluding carboxylic acids is 1. The number of hydrogen-bond acceptors (Lipinski definition) is 5. The molecule has 190 valence electrons. The van der Waals surface area contributed by atoms with Crippen LogP contribution in [0.5, 0.6) is 0 Å². The van der Waals surface area contributed by atoms with E-state index < -0.39 is 11.8 Å². The number of rotatable bonds is 6. The molecule has 0 atom stereocenters. The van der Waals surface area contributed by atoms with Crippen LogP contribution in [0.1, 0.15) is 55.0 Å². The van der Waals surface area contributed by atoms with E-state index in [9.17, 15) is 14.3 Å². The van der Waals surface area contributed by atoms with Gasteiger partial charge in [-0.05, 0) is 77.8 Å². The first-order valence-electron chi connectivity index (χ1n) is 12.3. The molecule has 1 heterocycles. The minimum atomic E-state index is -1.56. The van der Waals surface area contributed by atoms with E-state index in [1.54, 1.807) is 24.1 Å². The summed E-state index contributed by atoms with van der Waals surface area (Å²) >= 11 is 1.62. The predicted octanol–water partition coefficient (Wildman–Crippen LogP) is 7.01. The second-order valence-electron chi connectivity index (χ2n) is 9.83. The van der Waals surface area contributed by atoms with E-state index in [4.69, 9.17) is 4.74 Å². The second-order valence-corrected chi connectivity index (χ2v) is 10.6. The van der Waals surface area contributed by atoms with Crippen LogP contribution < -0.4 is 4.31 Å². The average molecular weight is 508 g/mol. The van der Waals surface area contributed by atoms with Crippen molar-refractivity contribution in [3.8, 4) is 11.1 Å². The molecule has 36 heavy (non-hydrogen) atoms. The minimum absolute atomic E-state index is 0.0253. The summed E-state index contributed by atoms with van der Waals surface area (Å²) in [6.07, 6.45) is 8.71. The Kier molecular flexibility index (Phi) is 7.48. The Morgan fingerprint density at radius 2 is 1.83 bits per heavy atom. The fourth-order valence-electron chi connectivity index (χ4n) is 5.16. The molecule has 0 saturated carbocycles. The van der Waals surface area contributed by atoms with Gasteiger partial charge in [0.05, 0.1) is 18.7 Å². The van der Waals surface area contributed by atoms with E-state index in [0.717, 1.165) is 55.8 Å². The van der Waals surface area contributed by atoms with Crippen LogP contribution in [-0.4, -0.2) is 29.7 Å². The summed E-state index contributed by atoms with van der Waals surface area (Å²) in [6, 6.07) is 8.29. The fraction of sp³-hybridized carbons (Fsp3) is 0.367. The number of allylic oxidation sites excluding steroid dienone is 4. The van der Waals surface area contributed by atoms with Crippen molar-refractivity contribution >= 4 is 29.2 Å². The summed E-state index contributed by atoms with van der Waals surface area (Å²) in [7, 11) is 0. The third-order valence-electron chi connectivity index (χ3n) is 6.69. The second kappa shape index (κ2) is 10.3. The number of carbonyl (C=O) groups is 1. The molecule has 6 heteroatoms. The van der Waals surface area contributed by atoms with E-state index in [-0.39, 0.29) is 12.2 Å². The number of benzene rings is 2. The molecule has 0 unspecified atom stereocenters. The number of hydrogen-bond donors (Lipinski definition) is 1. The molecule has 0 spiro atoms. The number of ether oxygens (including phenoxy) is 1. The van der Waals surface area contributed by atoms with Gasteiger partial charge in [-0.25, -0.2) is 4.39 Å². The van der Waals surface area contributed by atoms with Gasteiger partial charge in [-0.2, -0.15) is 0 Å². The van der Waals surface area contributed by atoms with Gasteiger partial charge in [0.25, 0.3) is 0 Å². The molecular weight excluding hydrogens is 473 g/mol. The topological polar surface area (TPSA) is 49.8 Å². The van der Waals surface area contributed by atoms with Gasteiger partial charge in [0.1, 0.15) is 5.83 Å². The lowest BCUT2D eigenvalue weighted by atomic mass is 9.78. The molecule has 1 aliphatic heterocycles. The summed E-state index contributed by atoms with van der Waals surface area (Å²) in [5, 5.41) is 10.1. The molecule has 2 aromatic carbocycles. The summed E-state index contributed by atoms with van der Waals surface area (Å²) in [5.74, 6) is -2.28. The molecule has 2 aliphatic rings. The Morgan fingerprint density at radius 1 is 1.14 bits per heavy atom. The van der Waals surface area contributed by atoms with Gasteiger partial charge in [0.2, 0.25) is 5.79 Å². The molecule has 4 rings (SSSR count). The van der Waals surface area contributed by atoms with Crippen LogP contribution in [-0.2, 0) is 22.4 Å². The van der Waals surface area contributed by atoms with Crippen molar-refractivity contribution in [3.05, 3.63) is 81.7 Å². The third-order valence-corrected chi connectivity index (χ3v) is 7.44. The van der Waals surface area contributed by atoms with Gasteiger partial charge >= 0.3 is 5.97 Å². The lowest BCUT2D eigenvalue weighted by Crippen LogP contribution is -2.29. The van der Waals surface area contributed by atoms with E-state index in [2.05, 4.69) is 41.6 Å². The summed E-state index contributed by atoms with van der Waals surface area (Å²) in [6.45, 7) is 9.74. The molecule has 0 aromatic heterocycles. The maximum absolute atomic E-state index is 14.7. The highest BCUT2D eigenvalue weighted by atomic mass is 32.2. The van der Waals surface area contributed by atoms with E-state index in [1.165, 1.54) is 13.8 Å². The number of nitrogens with zero attached hydrogens (tertiary/aromatic N) is 1. The molecule has 0 radical (unpaired) electrons. The molecule has 0 fully saturated rings. The van der Waals surface area contributed by atoms with Crippen LogP contribution in [0.15, 0.2) is 53.9 Å². The zero-order valence-electron chi connectivity index (χ0n) is 21.9. The van der Waals surface area contributed by atoms with E-state index in [0.29, 0.717) is 19.4 Å².